The van der Waals surface area contributed by atoms with Gasteiger partial charge in [-0.15, -0.1) is 0 Å². The van der Waals surface area contributed by atoms with E-state index in [-0.39, 0.29) is 0 Å². The molecule has 0 amide bonds. The van der Waals surface area contributed by atoms with Crippen molar-refractivity contribution in [3.8, 4) is 0 Å². The minimum atomic E-state index is 0.318. The van der Waals surface area contributed by atoms with E-state index in [1.54, 1.807) is 0 Å². The molecule has 1 aliphatic heterocycles. The Bertz CT molecular complexity index is 435. The zero-order valence-electron chi connectivity index (χ0n) is 13.3. The standard InChI is InChI=1S/C15H28N4/c1-12-13(10-19(6)16-12)9-17(4)11-14-7-8-18(5)15(14,2)3/h10,14H,7-9,11H2,1-6H3/t14-/m0/s1. The molecular formula is C15H28N4. The third-order valence-corrected chi connectivity index (χ3v) is 4.88. The molecule has 1 saturated heterocycles. The highest BCUT2D eigenvalue weighted by Gasteiger charge is 2.39. The maximum Gasteiger partial charge on any atom is 0.0638 e. The molecule has 4 nitrogen and oxygen atoms in total. The second-order valence-corrected chi connectivity index (χ2v) is 6.67. The van der Waals surface area contributed by atoms with Gasteiger partial charge in [-0.25, -0.2) is 0 Å². The van der Waals surface area contributed by atoms with Crippen molar-refractivity contribution >= 4 is 0 Å². The summed E-state index contributed by atoms with van der Waals surface area (Å²) >= 11 is 0. The molecule has 19 heavy (non-hydrogen) atoms. The number of aryl methyl sites for hydroxylation is 2. The summed E-state index contributed by atoms with van der Waals surface area (Å²) in [6.45, 7) is 10.2. The van der Waals surface area contributed by atoms with Gasteiger partial charge in [0, 0.05) is 37.4 Å². The summed E-state index contributed by atoms with van der Waals surface area (Å²) in [4.78, 5) is 4.93. The van der Waals surface area contributed by atoms with Crippen molar-refractivity contribution in [3.05, 3.63) is 17.5 Å². The second kappa shape index (κ2) is 5.25. The minimum Gasteiger partial charge on any atom is -0.302 e. The van der Waals surface area contributed by atoms with E-state index in [9.17, 15) is 0 Å². The van der Waals surface area contributed by atoms with E-state index in [0.29, 0.717) is 5.54 Å². The van der Waals surface area contributed by atoms with Crippen LogP contribution in [-0.2, 0) is 13.6 Å². The van der Waals surface area contributed by atoms with Crippen molar-refractivity contribution in [1.29, 1.82) is 0 Å². The highest BCUT2D eigenvalue weighted by atomic mass is 15.3. The zero-order chi connectivity index (χ0) is 14.2. The molecule has 0 unspecified atom stereocenters. The lowest BCUT2D eigenvalue weighted by molar-refractivity contribution is 0.140. The van der Waals surface area contributed by atoms with E-state index in [4.69, 9.17) is 0 Å². The summed E-state index contributed by atoms with van der Waals surface area (Å²) in [5, 5.41) is 4.42. The number of hydrogen-bond acceptors (Lipinski definition) is 3. The molecular weight excluding hydrogens is 236 g/mol. The Kier molecular flexibility index (Phi) is 4.02. The lowest BCUT2D eigenvalue weighted by Crippen LogP contribution is -2.43. The average molecular weight is 264 g/mol. The Morgan fingerprint density at radius 1 is 1.42 bits per heavy atom. The number of hydrogen-bond donors (Lipinski definition) is 0. The summed E-state index contributed by atoms with van der Waals surface area (Å²) < 4.78 is 1.91. The monoisotopic (exact) mass is 264 g/mol. The van der Waals surface area contributed by atoms with Crippen LogP contribution in [0.5, 0.6) is 0 Å². The lowest BCUT2D eigenvalue weighted by Gasteiger charge is -2.35. The third-order valence-electron chi connectivity index (χ3n) is 4.88. The SMILES string of the molecule is Cc1nn(C)cc1CN(C)C[C@@H]1CCN(C)C1(C)C. The Balaban J connectivity index is 1.95. The molecule has 1 aromatic heterocycles. The molecule has 108 valence electrons. The molecule has 1 aromatic rings. The topological polar surface area (TPSA) is 24.3 Å². The number of rotatable bonds is 4. The van der Waals surface area contributed by atoms with Crippen molar-refractivity contribution in [3.63, 3.8) is 0 Å². The Morgan fingerprint density at radius 2 is 2.11 bits per heavy atom. The van der Waals surface area contributed by atoms with Crippen LogP contribution in [0.3, 0.4) is 0 Å². The Morgan fingerprint density at radius 3 is 2.58 bits per heavy atom. The molecule has 0 aromatic carbocycles. The molecule has 0 radical (unpaired) electrons. The first-order chi connectivity index (χ1) is 8.80. The predicted octanol–water partition coefficient (Wildman–Crippen LogP) is 1.89. The van der Waals surface area contributed by atoms with Gasteiger partial charge in [-0.3, -0.25) is 4.68 Å². The van der Waals surface area contributed by atoms with Gasteiger partial charge in [0.15, 0.2) is 0 Å². The molecule has 1 fully saturated rings. The van der Waals surface area contributed by atoms with E-state index >= 15 is 0 Å². The number of nitrogens with zero attached hydrogens (tertiary/aromatic N) is 4. The van der Waals surface area contributed by atoms with Gasteiger partial charge in [-0.1, -0.05) is 0 Å². The first-order valence-corrected chi connectivity index (χ1v) is 7.19. The van der Waals surface area contributed by atoms with Crippen LogP contribution in [0.1, 0.15) is 31.5 Å². The fraction of sp³-hybridized carbons (Fsp3) is 0.800. The number of aromatic nitrogens is 2. The molecule has 1 aliphatic rings. The van der Waals surface area contributed by atoms with E-state index < -0.39 is 0 Å². The van der Waals surface area contributed by atoms with E-state index in [0.717, 1.165) is 24.7 Å². The molecule has 2 heterocycles. The molecule has 1 atom stereocenters. The molecule has 0 saturated carbocycles. The molecule has 0 aliphatic carbocycles. The average Bonchev–Trinajstić information content (AvgIpc) is 2.73. The third kappa shape index (κ3) is 3.00. The zero-order valence-corrected chi connectivity index (χ0v) is 13.3. The Hall–Kier alpha value is -0.870. The quantitative estimate of drug-likeness (QED) is 0.830. The van der Waals surface area contributed by atoms with Gasteiger partial charge in [0.1, 0.15) is 0 Å². The maximum absolute atomic E-state index is 4.42. The van der Waals surface area contributed by atoms with E-state index in [1.807, 2.05) is 11.7 Å². The van der Waals surface area contributed by atoms with Crippen LogP contribution >= 0.6 is 0 Å². The summed E-state index contributed by atoms with van der Waals surface area (Å²) in [6, 6.07) is 0. The van der Waals surface area contributed by atoms with E-state index in [1.165, 1.54) is 18.5 Å². The van der Waals surface area contributed by atoms with Crippen molar-refractivity contribution in [2.45, 2.75) is 39.3 Å². The smallest absolute Gasteiger partial charge is 0.0638 e. The van der Waals surface area contributed by atoms with Gasteiger partial charge in [0.2, 0.25) is 0 Å². The Labute approximate surface area is 117 Å². The van der Waals surface area contributed by atoms with Crippen molar-refractivity contribution in [1.82, 2.24) is 19.6 Å². The first-order valence-electron chi connectivity index (χ1n) is 7.19. The summed E-state index contributed by atoms with van der Waals surface area (Å²) in [5.41, 5.74) is 2.81. The first kappa shape index (κ1) is 14.5. The minimum absolute atomic E-state index is 0.318. The second-order valence-electron chi connectivity index (χ2n) is 6.67. The van der Waals surface area contributed by atoms with E-state index in [2.05, 4.69) is 56.0 Å². The highest BCUT2D eigenvalue weighted by molar-refractivity contribution is 5.15. The molecule has 2 rings (SSSR count). The number of likely N-dealkylation sites (tertiary alicyclic amines) is 1. The van der Waals surface area contributed by atoms with Crippen LogP contribution in [-0.4, -0.2) is 52.3 Å². The van der Waals surface area contributed by atoms with Gasteiger partial charge in [0.05, 0.1) is 5.69 Å². The lowest BCUT2D eigenvalue weighted by atomic mass is 9.88. The molecule has 0 spiro atoms. The summed E-state index contributed by atoms with van der Waals surface area (Å²) in [6.07, 6.45) is 3.44. The summed E-state index contributed by atoms with van der Waals surface area (Å²) in [5.74, 6) is 0.750. The highest BCUT2D eigenvalue weighted by Crippen LogP contribution is 2.33. The fourth-order valence-electron chi connectivity index (χ4n) is 3.15. The molecule has 4 heteroatoms. The van der Waals surface area contributed by atoms with Gasteiger partial charge in [-0.05, 0) is 53.8 Å². The van der Waals surface area contributed by atoms with Gasteiger partial charge in [-0.2, -0.15) is 5.10 Å². The van der Waals surface area contributed by atoms with Crippen LogP contribution in [0, 0.1) is 12.8 Å². The van der Waals surface area contributed by atoms with Crippen LogP contribution in [0.2, 0.25) is 0 Å². The van der Waals surface area contributed by atoms with Crippen LogP contribution in [0.25, 0.3) is 0 Å². The largest absolute Gasteiger partial charge is 0.302 e. The summed E-state index contributed by atoms with van der Waals surface area (Å²) in [7, 11) is 6.46. The van der Waals surface area contributed by atoms with Gasteiger partial charge >= 0.3 is 0 Å². The maximum atomic E-state index is 4.42. The fourth-order valence-corrected chi connectivity index (χ4v) is 3.15. The molecule has 0 bridgehead atoms. The van der Waals surface area contributed by atoms with Gasteiger partial charge in [0.25, 0.3) is 0 Å². The van der Waals surface area contributed by atoms with Crippen LogP contribution in [0.15, 0.2) is 6.20 Å². The van der Waals surface area contributed by atoms with Crippen LogP contribution < -0.4 is 0 Å². The van der Waals surface area contributed by atoms with Crippen LogP contribution in [0.4, 0.5) is 0 Å². The normalized spacial score (nSPS) is 23.4. The van der Waals surface area contributed by atoms with Gasteiger partial charge < -0.3 is 9.80 Å². The van der Waals surface area contributed by atoms with Crippen molar-refractivity contribution < 1.29 is 0 Å². The van der Waals surface area contributed by atoms with Crippen molar-refractivity contribution in [2.75, 3.05) is 27.2 Å². The predicted molar refractivity (Wildman–Crippen MR) is 79.1 cm³/mol. The molecule has 0 N–H and O–H groups in total. The van der Waals surface area contributed by atoms with Crippen molar-refractivity contribution in [2.24, 2.45) is 13.0 Å².